The van der Waals surface area contributed by atoms with Crippen molar-refractivity contribution in [2.45, 2.75) is 44.2 Å². The Morgan fingerprint density at radius 3 is 2.39 bits per heavy atom. The summed E-state index contributed by atoms with van der Waals surface area (Å²) in [5.74, 6) is 0. The molecule has 0 amide bonds. The summed E-state index contributed by atoms with van der Waals surface area (Å²) in [6.45, 7) is 2.99. The van der Waals surface area contributed by atoms with Crippen LogP contribution in [-0.2, 0) is 6.42 Å². The first kappa shape index (κ1) is 14.0. The van der Waals surface area contributed by atoms with Gasteiger partial charge in [0.05, 0.1) is 0 Å². The van der Waals surface area contributed by atoms with Gasteiger partial charge in [-0.1, -0.05) is 34.5 Å². The molecule has 0 saturated heterocycles. The molecule has 18 heavy (non-hydrogen) atoms. The predicted molar refractivity (Wildman–Crippen MR) is 80.7 cm³/mol. The average Bonchev–Trinajstić information content (AvgIpc) is 2.30. The molecule has 3 heteroatoms. The average molecular weight is 311 g/mol. The van der Waals surface area contributed by atoms with Crippen LogP contribution >= 0.6 is 15.9 Å². The summed E-state index contributed by atoms with van der Waals surface area (Å²) in [7, 11) is 2.23. The van der Waals surface area contributed by atoms with E-state index in [0.717, 1.165) is 16.9 Å². The number of likely N-dealkylation sites (N-methyl/N-ethyl adjacent to an activating group) is 1. The maximum Gasteiger partial charge on any atom is 0.0343 e. The van der Waals surface area contributed by atoms with Crippen molar-refractivity contribution in [3.8, 4) is 0 Å². The Hall–Kier alpha value is -0.380. The molecule has 0 aromatic heterocycles. The highest BCUT2D eigenvalue weighted by Gasteiger charge is 2.35. The number of benzene rings is 1. The van der Waals surface area contributed by atoms with E-state index < -0.39 is 0 Å². The number of hydrogen-bond acceptors (Lipinski definition) is 2. The number of rotatable bonds is 5. The van der Waals surface area contributed by atoms with Gasteiger partial charge in [0, 0.05) is 22.6 Å². The topological polar surface area (TPSA) is 29.3 Å². The fourth-order valence-electron chi connectivity index (χ4n) is 2.60. The number of nitrogens with zero attached hydrogens (tertiary/aromatic N) is 1. The van der Waals surface area contributed by atoms with Gasteiger partial charge < -0.3 is 5.73 Å². The quantitative estimate of drug-likeness (QED) is 0.905. The van der Waals surface area contributed by atoms with Crippen molar-refractivity contribution >= 4 is 15.9 Å². The zero-order chi connectivity index (χ0) is 13.2. The van der Waals surface area contributed by atoms with Crippen molar-refractivity contribution in [3.05, 3.63) is 34.3 Å². The summed E-state index contributed by atoms with van der Waals surface area (Å²) < 4.78 is 1.13. The van der Waals surface area contributed by atoms with Crippen LogP contribution in [0.1, 0.15) is 31.7 Å². The SMILES string of the molecule is CN(C1CCC1)C(C)(CN)Cc1ccc(Br)cc1. The van der Waals surface area contributed by atoms with E-state index in [9.17, 15) is 0 Å². The van der Waals surface area contributed by atoms with Crippen LogP contribution in [0, 0.1) is 0 Å². The molecule has 100 valence electrons. The normalized spacial score (nSPS) is 19.6. The van der Waals surface area contributed by atoms with Crippen LogP contribution in [-0.4, -0.2) is 30.1 Å². The summed E-state index contributed by atoms with van der Waals surface area (Å²) in [5, 5.41) is 0. The van der Waals surface area contributed by atoms with Crippen molar-refractivity contribution in [1.82, 2.24) is 4.90 Å². The first-order valence-corrected chi connectivity index (χ1v) is 7.52. The van der Waals surface area contributed by atoms with Gasteiger partial charge in [-0.2, -0.15) is 0 Å². The zero-order valence-electron chi connectivity index (χ0n) is 11.3. The Balaban J connectivity index is 2.08. The van der Waals surface area contributed by atoms with Crippen molar-refractivity contribution < 1.29 is 0 Å². The highest BCUT2D eigenvalue weighted by molar-refractivity contribution is 9.10. The van der Waals surface area contributed by atoms with E-state index in [1.54, 1.807) is 0 Å². The summed E-state index contributed by atoms with van der Waals surface area (Å²) in [5.41, 5.74) is 7.48. The lowest BCUT2D eigenvalue weighted by Crippen LogP contribution is -2.57. The minimum Gasteiger partial charge on any atom is -0.329 e. The molecule has 1 fully saturated rings. The molecule has 0 radical (unpaired) electrons. The molecule has 0 heterocycles. The predicted octanol–water partition coefficient (Wildman–Crippen LogP) is 3.19. The van der Waals surface area contributed by atoms with Crippen molar-refractivity contribution in [1.29, 1.82) is 0 Å². The van der Waals surface area contributed by atoms with Crippen LogP contribution in [0.15, 0.2) is 28.7 Å². The second-order valence-corrected chi connectivity index (χ2v) is 6.62. The highest BCUT2D eigenvalue weighted by atomic mass is 79.9. The molecule has 2 rings (SSSR count). The lowest BCUT2D eigenvalue weighted by Gasteiger charge is -2.46. The van der Waals surface area contributed by atoms with E-state index in [-0.39, 0.29) is 5.54 Å². The molecule has 1 aliphatic rings. The molecule has 0 spiro atoms. The smallest absolute Gasteiger partial charge is 0.0343 e. The third kappa shape index (κ3) is 2.95. The van der Waals surface area contributed by atoms with Gasteiger partial charge >= 0.3 is 0 Å². The molecular weight excluding hydrogens is 288 g/mol. The molecule has 1 aromatic carbocycles. The molecular formula is C15H23BrN2. The van der Waals surface area contributed by atoms with Crippen LogP contribution in [0.3, 0.4) is 0 Å². The molecule has 0 bridgehead atoms. The van der Waals surface area contributed by atoms with E-state index in [4.69, 9.17) is 5.73 Å². The minimum atomic E-state index is 0.0684. The molecule has 0 aliphatic heterocycles. The van der Waals surface area contributed by atoms with Gasteiger partial charge in [-0.05, 0) is 50.9 Å². The summed E-state index contributed by atoms with van der Waals surface area (Å²) in [4.78, 5) is 2.50. The maximum atomic E-state index is 6.05. The van der Waals surface area contributed by atoms with Crippen molar-refractivity contribution in [3.63, 3.8) is 0 Å². The summed E-state index contributed by atoms with van der Waals surface area (Å²) in [6.07, 6.45) is 5.04. The van der Waals surface area contributed by atoms with E-state index in [2.05, 4.69) is 59.1 Å². The van der Waals surface area contributed by atoms with Gasteiger partial charge in [0.2, 0.25) is 0 Å². The van der Waals surface area contributed by atoms with E-state index >= 15 is 0 Å². The van der Waals surface area contributed by atoms with E-state index in [1.807, 2.05) is 0 Å². The largest absolute Gasteiger partial charge is 0.329 e. The summed E-state index contributed by atoms with van der Waals surface area (Å²) in [6, 6.07) is 9.32. The van der Waals surface area contributed by atoms with Gasteiger partial charge in [-0.15, -0.1) is 0 Å². The lowest BCUT2D eigenvalue weighted by atomic mass is 9.84. The van der Waals surface area contributed by atoms with Gasteiger partial charge in [-0.25, -0.2) is 0 Å². The molecule has 1 saturated carbocycles. The maximum absolute atomic E-state index is 6.05. The van der Waals surface area contributed by atoms with Crippen LogP contribution in [0.5, 0.6) is 0 Å². The fraction of sp³-hybridized carbons (Fsp3) is 0.600. The third-order valence-electron chi connectivity index (χ3n) is 4.41. The van der Waals surface area contributed by atoms with E-state index in [1.165, 1.54) is 24.8 Å². The molecule has 1 aliphatic carbocycles. The van der Waals surface area contributed by atoms with Gasteiger partial charge in [0.15, 0.2) is 0 Å². The van der Waals surface area contributed by atoms with Gasteiger partial charge in [-0.3, -0.25) is 4.90 Å². The van der Waals surface area contributed by atoms with Crippen molar-refractivity contribution in [2.75, 3.05) is 13.6 Å². The first-order valence-electron chi connectivity index (χ1n) is 6.72. The Morgan fingerprint density at radius 1 is 1.33 bits per heavy atom. The number of nitrogens with two attached hydrogens (primary N) is 1. The van der Waals surface area contributed by atoms with Crippen LogP contribution < -0.4 is 5.73 Å². The Bertz CT molecular complexity index is 386. The minimum absolute atomic E-state index is 0.0684. The number of hydrogen-bond donors (Lipinski definition) is 1. The fourth-order valence-corrected chi connectivity index (χ4v) is 2.86. The Kier molecular flexibility index (Phi) is 4.46. The molecule has 1 atom stereocenters. The van der Waals surface area contributed by atoms with Crippen LogP contribution in [0.4, 0.5) is 0 Å². The Morgan fingerprint density at radius 2 is 1.94 bits per heavy atom. The molecule has 1 unspecified atom stereocenters. The lowest BCUT2D eigenvalue weighted by molar-refractivity contribution is 0.0500. The number of halogens is 1. The van der Waals surface area contributed by atoms with Crippen LogP contribution in [0.25, 0.3) is 0 Å². The van der Waals surface area contributed by atoms with Crippen LogP contribution in [0.2, 0.25) is 0 Å². The second-order valence-electron chi connectivity index (χ2n) is 5.70. The molecule has 1 aromatic rings. The molecule has 2 nitrogen and oxygen atoms in total. The highest BCUT2D eigenvalue weighted by Crippen LogP contribution is 2.30. The third-order valence-corrected chi connectivity index (χ3v) is 4.94. The zero-order valence-corrected chi connectivity index (χ0v) is 12.9. The monoisotopic (exact) mass is 310 g/mol. The van der Waals surface area contributed by atoms with Gasteiger partial charge in [0.1, 0.15) is 0 Å². The first-order chi connectivity index (χ1) is 8.55. The van der Waals surface area contributed by atoms with Crippen molar-refractivity contribution in [2.24, 2.45) is 5.73 Å². The van der Waals surface area contributed by atoms with E-state index in [0.29, 0.717) is 6.54 Å². The molecule has 2 N–H and O–H groups in total. The van der Waals surface area contributed by atoms with Gasteiger partial charge in [0.25, 0.3) is 0 Å². The summed E-state index contributed by atoms with van der Waals surface area (Å²) >= 11 is 3.48. The Labute approximate surface area is 119 Å². The standard InChI is InChI=1S/C15H23BrN2/c1-15(11-17,18(2)14-4-3-5-14)10-12-6-8-13(16)9-7-12/h6-9,14H,3-5,10-11,17H2,1-2H3. The second kappa shape index (κ2) is 5.72.